The molecule has 0 aliphatic rings. The van der Waals surface area contributed by atoms with Crippen LogP contribution in [0.5, 0.6) is 0 Å². The molecule has 0 saturated heterocycles. The Morgan fingerprint density at radius 3 is 2.07 bits per heavy atom. The highest BCUT2D eigenvalue weighted by atomic mass is 32.2. The van der Waals surface area contributed by atoms with E-state index in [-0.39, 0.29) is 12.7 Å². The van der Waals surface area contributed by atoms with Gasteiger partial charge in [0.1, 0.15) is 5.60 Å². The third-order valence-electron chi connectivity index (χ3n) is 2.86. The summed E-state index contributed by atoms with van der Waals surface area (Å²) in [6.07, 6.45) is -5.58. The Morgan fingerprint density at radius 2 is 1.70 bits per heavy atom. The van der Waals surface area contributed by atoms with E-state index in [4.69, 9.17) is 4.74 Å². The largest absolute Gasteiger partial charge is 0.463 e. The highest BCUT2D eigenvalue weighted by molar-refractivity contribution is 7.86. The number of esters is 1. The van der Waals surface area contributed by atoms with Crippen LogP contribution < -0.4 is 5.32 Å². The molecule has 0 aromatic carbocycles. The van der Waals surface area contributed by atoms with E-state index >= 15 is 0 Å². The summed E-state index contributed by atoms with van der Waals surface area (Å²) < 4.78 is 78.0. The van der Waals surface area contributed by atoms with Crippen LogP contribution in [0.25, 0.3) is 0 Å². The summed E-state index contributed by atoms with van der Waals surface area (Å²) in [6.45, 7) is 6.65. The Hall–Kier alpha value is -1.82. The summed E-state index contributed by atoms with van der Waals surface area (Å²) in [5.41, 5.74) is -4.58. The number of rotatable bonds is 7. The second-order valence-electron chi connectivity index (χ2n) is 6.53. The molecule has 12 heteroatoms. The van der Waals surface area contributed by atoms with Crippen molar-refractivity contribution < 1.29 is 44.8 Å². The van der Waals surface area contributed by atoms with Crippen molar-refractivity contribution in [1.82, 2.24) is 5.32 Å². The second kappa shape index (κ2) is 8.91. The van der Waals surface area contributed by atoms with Gasteiger partial charge in [0.15, 0.2) is 0 Å². The standard InChI is InChI=1S/C15H24F3NO7S/c1-7-24-11(20)8-9-14(15(16,17)18,26-27(6,22)23)10(2)19-12(21)25-13(3,4)5/h8-10H,7H2,1-6H3,(H,19,21)/b9-8+/t10-,14-/m0/s1. The van der Waals surface area contributed by atoms with Crippen LogP contribution in [-0.4, -0.2) is 56.8 Å². The number of carbonyl (C=O) groups excluding carboxylic acids is 2. The number of hydrogen-bond acceptors (Lipinski definition) is 7. The first-order chi connectivity index (χ1) is 11.9. The molecule has 0 fully saturated rings. The number of carbonyl (C=O) groups is 2. The molecule has 0 radical (unpaired) electrons. The molecule has 0 aromatic heterocycles. The van der Waals surface area contributed by atoms with Crippen LogP contribution in [0.1, 0.15) is 34.6 Å². The van der Waals surface area contributed by atoms with Gasteiger partial charge in [-0.15, -0.1) is 0 Å². The SMILES string of the molecule is CCOC(=O)/C=C/[C@](OS(C)(=O)=O)([C@H](C)NC(=O)OC(C)(C)C)C(F)(F)F. The molecule has 0 aliphatic carbocycles. The number of halogens is 3. The first-order valence-electron chi connectivity index (χ1n) is 7.76. The maximum Gasteiger partial charge on any atom is 0.424 e. The van der Waals surface area contributed by atoms with Gasteiger partial charge in [0.05, 0.1) is 18.9 Å². The van der Waals surface area contributed by atoms with Crippen LogP contribution in [0.15, 0.2) is 12.2 Å². The lowest BCUT2D eigenvalue weighted by Crippen LogP contribution is -2.61. The zero-order valence-corrected chi connectivity index (χ0v) is 16.7. The predicted octanol–water partition coefficient (Wildman–Crippen LogP) is 2.30. The Kier molecular flexibility index (Phi) is 8.31. The Bertz CT molecular complexity index is 668. The molecule has 0 spiro atoms. The van der Waals surface area contributed by atoms with E-state index in [1.807, 2.05) is 5.32 Å². The molecule has 2 atom stereocenters. The third kappa shape index (κ3) is 8.61. The average molecular weight is 419 g/mol. The first kappa shape index (κ1) is 25.2. The molecule has 0 rings (SSSR count). The maximum atomic E-state index is 13.8. The van der Waals surface area contributed by atoms with E-state index in [1.54, 1.807) is 0 Å². The van der Waals surface area contributed by atoms with Crippen LogP contribution in [0, 0.1) is 0 Å². The Morgan fingerprint density at radius 1 is 1.19 bits per heavy atom. The number of nitrogens with one attached hydrogen (secondary N) is 1. The quantitative estimate of drug-likeness (QED) is 0.383. The molecule has 0 aliphatic heterocycles. The van der Waals surface area contributed by atoms with Gasteiger partial charge >= 0.3 is 18.2 Å². The predicted molar refractivity (Wildman–Crippen MR) is 89.3 cm³/mol. The lowest BCUT2D eigenvalue weighted by Gasteiger charge is -2.37. The van der Waals surface area contributed by atoms with E-state index in [0.717, 1.165) is 6.92 Å². The molecule has 27 heavy (non-hydrogen) atoms. The molecular formula is C15H24F3NO7S. The number of hydrogen-bond donors (Lipinski definition) is 1. The van der Waals surface area contributed by atoms with Crippen molar-refractivity contribution in [2.24, 2.45) is 0 Å². The van der Waals surface area contributed by atoms with Crippen LogP contribution in [0.3, 0.4) is 0 Å². The van der Waals surface area contributed by atoms with E-state index < -0.39 is 45.6 Å². The lowest BCUT2D eigenvalue weighted by molar-refractivity contribution is -0.235. The molecule has 1 amide bonds. The summed E-state index contributed by atoms with van der Waals surface area (Å²) in [4.78, 5) is 23.2. The van der Waals surface area contributed by atoms with Gasteiger partial charge in [0.25, 0.3) is 10.1 Å². The molecule has 0 saturated carbocycles. The van der Waals surface area contributed by atoms with Crippen LogP contribution in [0.4, 0.5) is 18.0 Å². The second-order valence-corrected chi connectivity index (χ2v) is 8.11. The van der Waals surface area contributed by atoms with Gasteiger partial charge in [0, 0.05) is 6.08 Å². The smallest absolute Gasteiger partial charge is 0.424 e. The summed E-state index contributed by atoms with van der Waals surface area (Å²) >= 11 is 0. The Labute approximate surface area is 156 Å². The summed E-state index contributed by atoms with van der Waals surface area (Å²) in [5, 5.41) is 1.89. The molecule has 0 bridgehead atoms. The van der Waals surface area contributed by atoms with Crippen molar-refractivity contribution in [2.45, 2.75) is 58.0 Å². The fourth-order valence-electron chi connectivity index (χ4n) is 1.86. The van der Waals surface area contributed by atoms with E-state index in [0.29, 0.717) is 12.3 Å². The molecule has 8 nitrogen and oxygen atoms in total. The molecule has 0 heterocycles. The third-order valence-corrected chi connectivity index (χ3v) is 3.44. The zero-order valence-electron chi connectivity index (χ0n) is 15.8. The van der Waals surface area contributed by atoms with Crippen LogP contribution in [-0.2, 0) is 28.6 Å². The van der Waals surface area contributed by atoms with Gasteiger partial charge in [-0.2, -0.15) is 21.6 Å². The number of amides is 1. The van der Waals surface area contributed by atoms with Gasteiger partial charge in [-0.25, -0.2) is 13.8 Å². The Balaban J connectivity index is 6.05. The van der Waals surface area contributed by atoms with Gasteiger partial charge in [-0.1, -0.05) is 0 Å². The summed E-state index contributed by atoms with van der Waals surface area (Å²) in [6, 6.07) is -1.98. The minimum Gasteiger partial charge on any atom is -0.463 e. The van der Waals surface area contributed by atoms with Crippen molar-refractivity contribution >= 4 is 22.2 Å². The van der Waals surface area contributed by atoms with Crippen molar-refractivity contribution in [3.05, 3.63) is 12.2 Å². The van der Waals surface area contributed by atoms with Crippen LogP contribution >= 0.6 is 0 Å². The van der Waals surface area contributed by atoms with Gasteiger partial charge in [-0.3, -0.25) is 0 Å². The maximum absolute atomic E-state index is 13.8. The van der Waals surface area contributed by atoms with Gasteiger partial charge in [-0.05, 0) is 40.7 Å². The highest BCUT2D eigenvalue weighted by Gasteiger charge is 2.61. The summed E-state index contributed by atoms with van der Waals surface area (Å²) in [5.74, 6) is -1.15. The van der Waals surface area contributed by atoms with Gasteiger partial charge in [0.2, 0.25) is 5.60 Å². The molecule has 158 valence electrons. The zero-order chi connectivity index (χ0) is 21.7. The van der Waals surface area contributed by atoms with Gasteiger partial charge < -0.3 is 14.8 Å². The van der Waals surface area contributed by atoms with Crippen molar-refractivity contribution in [3.8, 4) is 0 Å². The number of alkyl carbamates (subject to hydrolysis) is 1. The number of alkyl halides is 3. The topological polar surface area (TPSA) is 108 Å². The minimum absolute atomic E-state index is 0.110. The van der Waals surface area contributed by atoms with Crippen molar-refractivity contribution in [1.29, 1.82) is 0 Å². The lowest BCUT2D eigenvalue weighted by atomic mass is 9.94. The van der Waals surface area contributed by atoms with E-state index in [1.165, 1.54) is 27.7 Å². The summed E-state index contributed by atoms with van der Waals surface area (Å²) in [7, 11) is -4.66. The van der Waals surface area contributed by atoms with E-state index in [2.05, 4.69) is 8.92 Å². The monoisotopic (exact) mass is 419 g/mol. The normalized spacial score (nSPS) is 16.5. The van der Waals surface area contributed by atoms with Crippen molar-refractivity contribution in [3.63, 3.8) is 0 Å². The molecule has 0 aromatic rings. The highest BCUT2D eigenvalue weighted by Crippen LogP contribution is 2.39. The first-order valence-corrected chi connectivity index (χ1v) is 9.58. The molecule has 1 N–H and O–H groups in total. The van der Waals surface area contributed by atoms with E-state index in [9.17, 15) is 31.2 Å². The average Bonchev–Trinajstić information content (AvgIpc) is 2.38. The number of ether oxygens (including phenoxy) is 2. The molecule has 0 unspecified atom stereocenters. The minimum atomic E-state index is -5.33. The fourth-order valence-corrected chi connectivity index (χ4v) is 2.65. The van der Waals surface area contributed by atoms with Crippen molar-refractivity contribution in [2.75, 3.05) is 12.9 Å². The molecular weight excluding hydrogens is 395 g/mol. The van der Waals surface area contributed by atoms with Crippen LogP contribution in [0.2, 0.25) is 0 Å². The fraction of sp³-hybridized carbons (Fsp3) is 0.733.